The van der Waals surface area contributed by atoms with Crippen molar-refractivity contribution in [2.45, 2.75) is 19.3 Å². The van der Waals surface area contributed by atoms with Crippen molar-refractivity contribution in [3.8, 4) is 0 Å². The van der Waals surface area contributed by atoms with Gasteiger partial charge in [0.15, 0.2) is 5.82 Å². The van der Waals surface area contributed by atoms with Crippen molar-refractivity contribution in [2.24, 2.45) is 0 Å². The molecule has 0 bridgehead atoms. The molecule has 0 radical (unpaired) electrons. The lowest BCUT2D eigenvalue weighted by Gasteiger charge is -2.27. The Labute approximate surface area is 122 Å². The normalized spacial score (nSPS) is 14.8. The number of halogens is 3. The van der Waals surface area contributed by atoms with Crippen LogP contribution >= 0.6 is 0 Å². The van der Waals surface area contributed by atoms with Gasteiger partial charge in [-0.1, -0.05) is 6.07 Å². The van der Waals surface area contributed by atoms with Crippen LogP contribution in [0.25, 0.3) is 0 Å². The van der Waals surface area contributed by atoms with Gasteiger partial charge in [-0.25, -0.2) is 4.98 Å². The standard InChI is InChI=1S/C12H11F3N6O/c13-12(14,15)11-19-18-9-6-20(4-5-21(9)11)10(22)7-2-1-3-8(16)17-7/h1-3H,4-6H2,(H2,16,17). The quantitative estimate of drug-likeness (QED) is 0.846. The molecule has 3 heterocycles. The van der Waals surface area contributed by atoms with E-state index in [0.29, 0.717) is 0 Å². The summed E-state index contributed by atoms with van der Waals surface area (Å²) in [6, 6.07) is 4.63. The van der Waals surface area contributed by atoms with E-state index in [-0.39, 0.29) is 37.0 Å². The maximum absolute atomic E-state index is 12.7. The second-order valence-electron chi connectivity index (χ2n) is 4.76. The Kier molecular flexibility index (Phi) is 3.23. The monoisotopic (exact) mass is 312 g/mol. The van der Waals surface area contributed by atoms with Crippen LogP contribution in [0.3, 0.4) is 0 Å². The zero-order valence-corrected chi connectivity index (χ0v) is 11.2. The van der Waals surface area contributed by atoms with Gasteiger partial charge in [0.25, 0.3) is 5.91 Å². The summed E-state index contributed by atoms with van der Waals surface area (Å²) in [6.07, 6.45) is -4.56. The molecule has 0 aromatic carbocycles. The van der Waals surface area contributed by atoms with Crippen LogP contribution in [0.2, 0.25) is 0 Å². The van der Waals surface area contributed by atoms with Gasteiger partial charge in [-0.05, 0) is 12.1 Å². The van der Waals surface area contributed by atoms with Crippen molar-refractivity contribution < 1.29 is 18.0 Å². The Bertz CT molecular complexity index is 726. The predicted octanol–water partition coefficient (Wildman–Crippen LogP) is 0.930. The molecule has 0 spiro atoms. The zero-order chi connectivity index (χ0) is 15.9. The van der Waals surface area contributed by atoms with Crippen molar-refractivity contribution in [3.05, 3.63) is 35.5 Å². The molecule has 3 rings (SSSR count). The smallest absolute Gasteiger partial charge is 0.384 e. The van der Waals surface area contributed by atoms with E-state index >= 15 is 0 Å². The summed E-state index contributed by atoms with van der Waals surface area (Å²) in [5, 5.41) is 6.69. The average Bonchev–Trinajstić information content (AvgIpc) is 2.89. The highest BCUT2D eigenvalue weighted by Crippen LogP contribution is 2.29. The summed E-state index contributed by atoms with van der Waals surface area (Å²) < 4.78 is 39.2. The van der Waals surface area contributed by atoms with E-state index in [1.54, 1.807) is 12.1 Å². The fourth-order valence-corrected chi connectivity index (χ4v) is 2.27. The number of anilines is 1. The number of rotatable bonds is 1. The molecule has 2 aromatic rings. The maximum atomic E-state index is 12.7. The van der Waals surface area contributed by atoms with Crippen LogP contribution in [0.15, 0.2) is 18.2 Å². The minimum Gasteiger partial charge on any atom is -0.384 e. The molecule has 0 aliphatic carbocycles. The number of nitrogens with zero attached hydrogens (tertiary/aromatic N) is 5. The van der Waals surface area contributed by atoms with Crippen LogP contribution in [0.5, 0.6) is 0 Å². The molecule has 0 unspecified atom stereocenters. The molecule has 7 nitrogen and oxygen atoms in total. The van der Waals surface area contributed by atoms with Crippen LogP contribution in [-0.2, 0) is 19.3 Å². The fourth-order valence-electron chi connectivity index (χ4n) is 2.27. The molecule has 1 aliphatic heterocycles. The number of hydrogen-bond acceptors (Lipinski definition) is 5. The van der Waals surface area contributed by atoms with Gasteiger partial charge < -0.3 is 15.2 Å². The lowest BCUT2D eigenvalue weighted by molar-refractivity contribution is -0.147. The van der Waals surface area contributed by atoms with Gasteiger partial charge in [0.2, 0.25) is 5.82 Å². The molecular weight excluding hydrogens is 301 g/mol. The third-order valence-corrected chi connectivity index (χ3v) is 3.28. The molecule has 0 saturated carbocycles. The predicted molar refractivity (Wildman–Crippen MR) is 68.4 cm³/mol. The first-order chi connectivity index (χ1) is 10.4. The number of fused-ring (bicyclic) bond motifs is 1. The first kappa shape index (κ1) is 14.3. The number of pyridine rings is 1. The van der Waals surface area contributed by atoms with E-state index in [0.717, 1.165) is 4.57 Å². The molecule has 1 amide bonds. The van der Waals surface area contributed by atoms with E-state index < -0.39 is 17.9 Å². The summed E-state index contributed by atoms with van der Waals surface area (Å²) >= 11 is 0. The van der Waals surface area contributed by atoms with Crippen molar-refractivity contribution in [1.82, 2.24) is 24.6 Å². The minimum absolute atomic E-state index is 0.0226. The third kappa shape index (κ3) is 2.47. The van der Waals surface area contributed by atoms with E-state index in [9.17, 15) is 18.0 Å². The van der Waals surface area contributed by atoms with Gasteiger partial charge in [0, 0.05) is 13.1 Å². The number of amides is 1. The number of aromatic nitrogens is 4. The number of carbonyl (C=O) groups excluding carboxylic acids is 1. The molecule has 0 atom stereocenters. The molecule has 2 aromatic heterocycles. The van der Waals surface area contributed by atoms with E-state index in [1.165, 1.54) is 11.0 Å². The Balaban J connectivity index is 1.83. The van der Waals surface area contributed by atoms with Crippen LogP contribution in [0.1, 0.15) is 22.1 Å². The number of nitrogens with two attached hydrogens (primary N) is 1. The molecular formula is C12H11F3N6O. The molecule has 116 valence electrons. The van der Waals surface area contributed by atoms with E-state index in [4.69, 9.17) is 5.73 Å². The lowest BCUT2D eigenvalue weighted by Crippen LogP contribution is -2.39. The van der Waals surface area contributed by atoms with Crippen LogP contribution < -0.4 is 5.73 Å². The maximum Gasteiger partial charge on any atom is 0.451 e. The second kappa shape index (κ2) is 4.97. The zero-order valence-electron chi connectivity index (χ0n) is 11.2. The molecule has 22 heavy (non-hydrogen) atoms. The van der Waals surface area contributed by atoms with E-state index in [2.05, 4.69) is 15.2 Å². The Morgan fingerprint density at radius 2 is 2.00 bits per heavy atom. The SMILES string of the molecule is Nc1cccc(C(=O)N2CCn3c(nnc3C(F)(F)F)C2)n1. The van der Waals surface area contributed by atoms with Gasteiger partial charge in [-0.2, -0.15) is 13.2 Å². The lowest BCUT2D eigenvalue weighted by atomic mass is 10.2. The number of nitrogen functional groups attached to an aromatic ring is 1. The Hall–Kier alpha value is -2.65. The minimum atomic E-state index is -4.56. The summed E-state index contributed by atoms with van der Waals surface area (Å²) in [7, 11) is 0. The van der Waals surface area contributed by atoms with Gasteiger partial charge >= 0.3 is 6.18 Å². The van der Waals surface area contributed by atoms with Crippen molar-refractivity contribution >= 4 is 11.7 Å². The summed E-state index contributed by atoms with van der Waals surface area (Å²) in [4.78, 5) is 17.6. The van der Waals surface area contributed by atoms with Gasteiger partial charge in [0.1, 0.15) is 11.5 Å². The van der Waals surface area contributed by atoms with Gasteiger partial charge in [-0.15, -0.1) is 10.2 Å². The Morgan fingerprint density at radius 3 is 2.68 bits per heavy atom. The molecule has 0 fully saturated rings. The van der Waals surface area contributed by atoms with Gasteiger partial charge in [0.05, 0.1) is 6.54 Å². The summed E-state index contributed by atoms with van der Waals surface area (Å²) in [6.45, 7) is 0.0348. The average molecular weight is 312 g/mol. The summed E-state index contributed by atoms with van der Waals surface area (Å²) in [5.41, 5.74) is 5.66. The largest absolute Gasteiger partial charge is 0.451 e. The van der Waals surface area contributed by atoms with Gasteiger partial charge in [-0.3, -0.25) is 4.79 Å². The van der Waals surface area contributed by atoms with Crippen LogP contribution in [-0.4, -0.2) is 37.1 Å². The molecule has 0 saturated heterocycles. The van der Waals surface area contributed by atoms with Crippen molar-refractivity contribution in [3.63, 3.8) is 0 Å². The van der Waals surface area contributed by atoms with Crippen molar-refractivity contribution in [1.29, 1.82) is 0 Å². The third-order valence-electron chi connectivity index (χ3n) is 3.28. The topological polar surface area (TPSA) is 89.9 Å². The number of carbonyl (C=O) groups is 1. The van der Waals surface area contributed by atoms with Crippen LogP contribution in [0, 0.1) is 0 Å². The van der Waals surface area contributed by atoms with Crippen molar-refractivity contribution in [2.75, 3.05) is 12.3 Å². The number of hydrogen-bond donors (Lipinski definition) is 1. The highest BCUT2D eigenvalue weighted by molar-refractivity contribution is 5.92. The first-order valence-corrected chi connectivity index (χ1v) is 6.37. The molecule has 2 N–H and O–H groups in total. The summed E-state index contributed by atoms with van der Waals surface area (Å²) in [5.74, 6) is -1.16. The first-order valence-electron chi connectivity index (χ1n) is 6.37. The molecule has 1 aliphatic rings. The number of alkyl halides is 3. The second-order valence-corrected chi connectivity index (χ2v) is 4.76. The highest BCUT2D eigenvalue weighted by Gasteiger charge is 2.40. The van der Waals surface area contributed by atoms with Crippen LogP contribution in [0.4, 0.5) is 19.0 Å². The Morgan fingerprint density at radius 1 is 1.23 bits per heavy atom. The highest BCUT2D eigenvalue weighted by atomic mass is 19.4. The fraction of sp³-hybridized carbons (Fsp3) is 0.333. The molecule has 10 heteroatoms. The van der Waals surface area contributed by atoms with E-state index in [1.807, 2.05) is 0 Å².